The van der Waals surface area contributed by atoms with Gasteiger partial charge in [-0.05, 0) is 50.5 Å². The van der Waals surface area contributed by atoms with E-state index in [9.17, 15) is 5.11 Å². The number of rotatable bonds is 1. The molecule has 0 saturated carbocycles. The zero-order chi connectivity index (χ0) is 15.2. The second-order valence-corrected chi connectivity index (χ2v) is 6.56. The summed E-state index contributed by atoms with van der Waals surface area (Å²) in [5.41, 5.74) is 1.22. The molecule has 1 fully saturated rings. The number of nitrogens with zero attached hydrogens (tertiary/aromatic N) is 4. The van der Waals surface area contributed by atoms with Crippen molar-refractivity contribution in [3.8, 4) is 0 Å². The number of fused-ring (bicyclic) bond motifs is 2. The van der Waals surface area contributed by atoms with Gasteiger partial charge in [-0.15, -0.1) is 0 Å². The van der Waals surface area contributed by atoms with Gasteiger partial charge in [0.05, 0.1) is 0 Å². The first-order valence-electron chi connectivity index (χ1n) is 8.07. The van der Waals surface area contributed by atoms with Gasteiger partial charge in [0.2, 0.25) is 0 Å². The highest BCUT2D eigenvalue weighted by Gasteiger charge is 2.46. The Bertz CT molecular complexity index is 675. The van der Waals surface area contributed by atoms with Gasteiger partial charge in [-0.25, -0.2) is 9.67 Å². The van der Waals surface area contributed by atoms with Gasteiger partial charge < -0.3 is 10.0 Å². The molecule has 0 aliphatic carbocycles. The van der Waals surface area contributed by atoms with E-state index in [4.69, 9.17) is 0 Å². The summed E-state index contributed by atoms with van der Waals surface area (Å²) in [6.45, 7) is 2.81. The van der Waals surface area contributed by atoms with Crippen LogP contribution in [0.2, 0.25) is 0 Å². The lowest BCUT2D eigenvalue weighted by molar-refractivity contribution is -0.0202. The number of aryl methyl sites for hydroxylation is 2. The minimum absolute atomic E-state index is 0.186. The first-order valence-corrected chi connectivity index (χ1v) is 8.07. The molecule has 1 aromatic carbocycles. The van der Waals surface area contributed by atoms with Gasteiger partial charge in [-0.1, -0.05) is 24.3 Å². The number of hydrogen-bond acceptors (Lipinski definition) is 4. The molecule has 2 aromatic rings. The Hall–Kier alpha value is -1.72. The van der Waals surface area contributed by atoms with E-state index in [1.54, 1.807) is 6.33 Å². The average molecular weight is 298 g/mol. The van der Waals surface area contributed by atoms with Crippen molar-refractivity contribution >= 4 is 0 Å². The Morgan fingerprint density at radius 3 is 2.77 bits per heavy atom. The van der Waals surface area contributed by atoms with E-state index in [0.717, 1.165) is 44.5 Å². The van der Waals surface area contributed by atoms with Crippen molar-refractivity contribution in [2.75, 3.05) is 20.1 Å². The molecule has 1 atom stereocenters. The summed E-state index contributed by atoms with van der Waals surface area (Å²) in [6.07, 6.45) is 4.42. The van der Waals surface area contributed by atoms with Crippen molar-refractivity contribution in [3.63, 3.8) is 0 Å². The number of piperidine rings is 1. The number of hydrogen-bond donors (Lipinski definition) is 1. The topological polar surface area (TPSA) is 54.2 Å². The molecule has 22 heavy (non-hydrogen) atoms. The van der Waals surface area contributed by atoms with Crippen molar-refractivity contribution in [2.24, 2.45) is 5.92 Å². The standard InChI is InChI=1S/C17H22N4O/c1-20-9-7-14(8-10-20)17(22)15-5-3-2-4-13(15)6-11-21-16(17)18-12-19-21/h2-5,12,14,22H,6-11H2,1H3. The molecule has 3 heterocycles. The summed E-state index contributed by atoms with van der Waals surface area (Å²) in [6, 6.07) is 8.26. The molecule has 1 saturated heterocycles. The highest BCUT2D eigenvalue weighted by molar-refractivity contribution is 5.39. The van der Waals surface area contributed by atoms with Crippen molar-refractivity contribution in [1.29, 1.82) is 0 Å². The van der Waals surface area contributed by atoms with Crippen molar-refractivity contribution in [3.05, 3.63) is 47.5 Å². The molecule has 0 amide bonds. The van der Waals surface area contributed by atoms with Gasteiger partial charge in [0.15, 0.2) is 11.4 Å². The summed E-state index contributed by atoms with van der Waals surface area (Å²) >= 11 is 0. The van der Waals surface area contributed by atoms with Gasteiger partial charge in [-0.2, -0.15) is 5.10 Å². The lowest BCUT2D eigenvalue weighted by Crippen LogP contribution is -2.44. The van der Waals surface area contributed by atoms with Crippen LogP contribution in [0.5, 0.6) is 0 Å². The molecule has 5 nitrogen and oxygen atoms in total. The molecule has 1 aromatic heterocycles. The van der Waals surface area contributed by atoms with Crippen molar-refractivity contribution in [2.45, 2.75) is 31.4 Å². The lowest BCUT2D eigenvalue weighted by atomic mass is 9.74. The Morgan fingerprint density at radius 1 is 1.18 bits per heavy atom. The zero-order valence-electron chi connectivity index (χ0n) is 12.9. The fourth-order valence-electron chi connectivity index (χ4n) is 4.01. The molecular weight excluding hydrogens is 276 g/mol. The lowest BCUT2D eigenvalue weighted by Gasteiger charge is -2.40. The largest absolute Gasteiger partial charge is 0.377 e. The monoisotopic (exact) mass is 298 g/mol. The van der Waals surface area contributed by atoms with Gasteiger partial charge in [-0.3, -0.25) is 0 Å². The molecular formula is C17H22N4O. The summed E-state index contributed by atoms with van der Waals surface area (Å²) in [5.74, 6) is 0.901. The summed E-state index contributed by atoms with van der Waals surface area (Å²) in [4.78, 5) is 6.78. The Labute approximate surface area is 130 Å². The van der Waals surface area contributed by atoms with Crippen LogP contribution < -0.4 is 0 Å². The van der Waals surface area contributed by atoms with Crippen LogP contribution in [0.3, 0.4) is 0 Å². The fourth-order valence-corrected chi connectivity index (χ4v) is 4.01. The number of benzene rings is 1. The van der Waals surface area contributed by atoms with Crippen molar-refractivity contribution in [1.82, 2.24) is 19.7 Å². The third-order valence-electron chi connectivity index (χ3n) is 5.29. The van der Waals surface area contributed by atoms with Crippen LogP contribution >= 0.6 is 0 Å². The van der Waals surface area contributed by atoms with E-state index >= 15 is 0 Å². The maximum Gasteiger partial charge on any atom is 0.163 e. The second-order valence-electron chi connectivity index (χ2n) is 6.56. The van der Waals surface area contributed by atoms with Crippen LogP contribution in [0, 0.1) is 5.92 Å². The van der Waals surface area contributed by atoms with Gasteiger partial charge in [0, 0.05) is 12.5 Å². The molecule has 1 N–H and O–H groups in total. The average Bonchev–Trinajstić information content (AvgIpc) is 2.98. The van der Waals surface area contributed by atoms with Crippen molar-refractivity contribution < 1.29 is 5.11 Å². The maximum absolute atomic E-state index is 11.8. The predicted octanol–water partition coefficient (Wildman–Crippen LogP) is 1.41. The van der Waals surface area contributed by atoms with E-state index < -0.39 is 5.60 Å². The Balaban J connectivity index is 1.86. The first-order chi connectivity index (χ1) is 10.7. The maximum atomic E-state index is 11.8. The normalized spacial score (nSPS) is 26.3. The molecule has 1 unspecified atom stereocenters. The highest BCUT2D eigenvalue weighted by Crippen LogP contribution is 2.43. The van der Waals surface area contributed by atoms with E-state index in [1.807, 2.05) is 10.7 Å². The number of aliphatic hydroxyl groups is 1. The third-order valence-corrected chi connectivity index (χ3v) is 5.29. The van der Waals surface area contributed by atoms with Crippen LogP contribution in [0.15, 0.2) is 30.6 Å². The van der Waals surface area contributed by atoms with Gasteiger partial charge in [0.1, 0.15) is 6.33 Å². The fraction of sp³-hybridized carbons (Fsp3) is 0.529. The van der Waals surface area contributed by atoms with Crippen LogP contribution in [0.1, 0.15) is 29.8 Å². The first kappa shape index (κ1) is 13.9. The minimum atomic E-state index is -1.02. The van der Waals surface area contributed by atoms with E-state index in [-0.39, 0.29) is 5.92 Å². The molecule has 0 bridgehead atoms. The number of aromatic nitrogens is 3. The van der Waals surface area contributed by atoms with Crippen LogP contribution in [0.4, 0.5) is 0 Å². The van der Waals surface area contributed by atoms with E-state index in [1.165, 1.54) is 5.56 Å². The minimum Gasteiger partial charge on any atom is -0.377 e. The molecule has 0 radical (unpaired) electrons. The Morgan fingerprint density at radius 2 is 1.95 bits per heavy atom. The van der Waals surface area contributed by atoms with Crippen LogP contribution in [0.25, 0.3) is 0 Å². The van der Waals surface area contributed by atoms with E-state index in [2.05, 4.69) is 40.2 Å². The summed E-state index contributed by atoms with van der Waals surface area (Å²) in [5, 5.41) is 16.2. The number of likely N-dealkylation sites (tertiary alicyclic amines) is 1. The van der Waals surface area contributed by atoms with Crippen LogP contribution in [-0.4, -0.2) is 44.9 Å². The molecule has 0 spiro atoms. The molecule has 5 heteroatoms. The molecule has 2 aliphatic heterocycles. The second kappa shape index (κ2) is 5.18. The molecule has 4 rings (SSSR count). The van der Waals surface area contributed by atoms with Gasteiger partial charge >= 0.3 is 0 Å². The highest BCUT2D eigenvalue weighted by atomic mass is 16.3. The predicted molar refractivity (Wildman–Crippen MR) is 83.4 cm³/mol. The Kier molecular flexibility index (Phi) is 3.27. The zero-order valence-corrected chi connectivity index (χ0v) is 12.9. The summed E-state index contributed by atoms with van der Waals surface area (Å²) in [7, 11) is 2.14. The molecule has 2 aliphatic rings. The third kappa shape index (κ3) is 2.00. The van der Waals surface area contributed by atoms with Crippen LogP contribution in [-0.2, 0) is 18.6 Å². The van der Waals surface area contributed by atoms with E-state index in [0.29, 0.717) is 5.82 Å². The SMILES string of the molecule is CN1CCC(C2(O)c3ccccc3CCn3ncnc32)CC1. The molecule has 116 valence electrons. The summed E-state index contributed by atoms with van der Waals surface area (Å²) < 4.78 is 1.89. The quantitative estimate of drug-likeness (QED) is 0.865. The van der Waals surface area contributed by atoms with Gasteiger partial charge in [0.25, 0.3) is 0 Å². The smallest absolute Gasteiger partial charge is 0.163 e.